The Balaban J connectivity index is 2.16. The summed E-state index contributed by atoms with van der Waals surface area (Å²) in [6.07, 6.45) is 5.43. The summed E-state index contributed by atoms with van der Waals surface area (Å²) in [6, 6.07) is 1.50. The summed E-state index contributed by atoms with van der Waals surface area (Å²) in [7, 11) is 3.48. The van der Waals surface area contributed by atoms with Gasteiger partial charge in [0.05, 0.1) is 11.8 Å². The molecule has 1 aromatic rings. The van der Waals surface area contributed by atoms with Crippen molar-refractivity contribution in [2.75, 3.05) is 19.4 Å². The number of anilines is 1. The maximum atomic E-state index is 13.3. The molecular formula is C15H22FN3O. The Bertz CT molecular complexity index is 484. The van der Waals surface area contributed by atoms with Crippen molar-refractivity contribution in [3.63, 3.8) is 0 Å². The van der Waals surface area contributed by atoms with E-state index in [1.807, 2.05) is 0 Å². The lowest BCUT2D eigenvalue weighted by Crippen LogP contribution is -2.39. The zero-order chi connectivity index (χ0) is 14.7. The Morgan fingerprint density at radius 2 is 2.05 bits per heavy atom. The highest BCUT2D eigenvalue weighted by atomic mass is 19.1. The van der Waals surface area contributed by atoms with E-state index in [1.165, 1.54) is 6.07 Å². The van der Waals surface area contributed by atoms with Gasteiger partial charge in [0.15, 0.2) is 0 Å². The molecule has 4 nitrogen and oxygen atoms in total. The van der Waals surface area contributed by atoms with Crippen molar-refractivity contribution in [1.29, 1.82) is 0 Å². The smallest absolute Gasteiger partial charge is 0.257 e. The van der Waals surface area contributed by atoms with Gasteiger partial charge in [0.1, 0.15) is 11.6 Å². The number of hydrogen-bond acceptors (Lipinski definition) is 3. The van der Waals surface area contributed by atoms with Gasteiger partial charge in [0.2, 0.25) is 0 Å². The van der Waals surface area contributed by atoms with Crippen LogP contribution in [0, 0.1) is 11.7 Å². The van der Waals surface area contributed by atoms with Crippen molar-refractivity contribution >= 4 is 11.7 Å². The Hall–Kier alpha value is -1.65. The first kappa shape index (κ1) is 14.8. The van der Waals surface area contributed by atoms with Gasteiger partial charge in [-0.1, -0.05) is 6.92 Å². The predicted octanol–water partition coefficient (Wildman–Crippen LogP) is 2.91. The third-order valence-electron chi connectivity index (χ3n) is 4.17. The number of halogens is 1. The molecule has 2 rings (SSSR count). The number of hydrogen-bond donors (Lipinski definition) is 1. The topological polar surface area (TPSA) is 45.2 Å². The van der Waals surface area contributed by atoms with Gasteiger partial charge >= 0.3 is 0 Å². The second kappa shape index (κ2) is 6.20. The number of aromatic nitrogens is 1. The fourth-order valence-electron chi connectivity index (χ4n) is 2.79. The highest BCUT2D eigenvalue weighted by molar-refractivity contribution is 5.98. The van der Waals surface area contributed by atoms with E-state index < -0.39 is 5.82 Å². The molecule has 1 amide bonds. The van der Waals surface area contributed by atoms with Crippen molar-refractivity contribution in [2.24, 2.45) is 5.92 Å². The minimum absolute atomic E-state index is 0.166. The largest absolute Gasteiger partial charge is 0.372 e. The molecule has 1 fully saturated rings. The first-order valence-electron chi connectivity index (χ1n) is 7.13. The Morgan fingerprint density at radius 1 is 1.40 bits per heavy atom. The highest BCUT2D eigenvalue weighted by Crippen LogP contribution is 2.28. The highest BCUT2D eigenvalue weighted by Gasteiger charge is 2.27. The van der Waals surface area contributed by atoms with Gasteiger partial charge in [0.25, 0.3) is 5.91 Å². The van der Waals surface area contributed by atoms with Crippen molar-refractivity contribution < 1.29 is 9.18 Å². The van der Waals surface area contributed by atoms with E-state index in [0.29, 0.717) is 11.4 Å². The van der Waals surface area contributed by atoms with Crippen LogP contribution in [0.15, 0.2) is 12.3 Å². The Morgan fingerprint density at radius 3 is 2.65 bits per heavy atom. The van der Waals surface area contributed by atoms with Crippen LogP contribution in [-0.2, 0) is 0 Å². The SMILES string of the molecule is CNc1ncc(F)cc1C(=O)N(C)C1CCC(C)CC1. The molecule has 5 heteroatoms. The van der Waals surface area contributed by atoms with Crippen LogP contribution in [0.1, 0.15) is 43.0 Å². The number of carbonyl (C=O) groups is 1. The zero-order valence-electron chi connectivity index (χ0n) is 12.3. The van der Waals surface area contributed by atoms with Crippen LogP contribution in [0.4, 0.5) is 10.2 Å². The zero-order valence-corrected chi connectivity index (χ0v) is 12.3. The molecule has 0 spiro atoms. The van der Waals surface area contributed by atoms with Crippen LogP contribution in [0.25, 0.3) is 0 Å². The molecule has 1 aliphatic carbocycles. The van der Waals surface area contributed by atoms with Gasteiger partial charge in [0, 0.05) is 20.1 Å². The molecule has 0 aliphatic heterocycles. The van der Waals surface area contributed by atoms with Crippen LogP contribution in [0.2, 0.25) is 0 Å². The van der Waals surface area contributed by atoms with Crippen LogP contribution in [0.3, 0.4) is 0 Å². The van der Waals surface area contributed by atoms with Gasteiger partial charge in [-0.2, -0.15) is 0 Å². The number of amides is 1. The fourth-order valence-corrected chi connectivity index (χ4v) is 2.79. The van der Waals surface area contributed by atoms with Crippen molar-refractivity contribution in [2.45, 2.75) is 38.6 Å². The van der Waals surface area contributed by atoms with E-state index in [9.17, 15) is 9.18 Å². The third-order valence-corrected chi connectivity index (χ3v) is 4.17. The van der Waals surface area contributed by atoms with E-state index in [4.69, 9.17) is 0 Å². The van der Waals surface area contributed by atoms with Crippen molar-refractivity contribution in [1.82, 2.24) is 9.88 Å². The van der Waals surface area contributed by atoms with Gasteiger partial charge in [-0.05, 0) is 37.7 Å². The second-order valence-corrected chi connectivity index (χ2v) is 5.63. The van der Waals surface area contributed by atoms with E-state index in [2.05, 4.69) is 17.2 Å². The van der Waals surface area contributed by atoms with E-state index in [-0.39, 0.29) is 11.9 Å². The monoisotopic (exact) mass is 279 g/mol. The summed E-state index contributed by atoms with van der Waals surface area (Å²) in [5.41, 5.74) is 0.300. The molecule has 0 bridgehead atoms. The molecule has 0 unspecified atom stereocenters. The molecule has 0 radical (unpaired) electrons. The van der Waals surface area contributed by atoms with E-state index >= 15 is 0 Å². The number of nitrogens with zero attached hydrogens (tertiary/aromatic N) is 2. The molecule has 1 N–H and O–H groups in total. The fraction of sp³-hybridized carbons (Fsp3) is 0.600. The third kappa shape index (κ3) is 3.08. The van der Waals surface area contributed by atoms with E-state index in [0.717, 1.165) is 37.8 Å². The van der Waals surface area contributed by atoms with Crippen LogP contribution in [-0.4, -0.2) is 35.9 Å². The molecule has 0 aromatic carbocycles. The maximum Gasteiger partial charge on any atom is 0.257 e. The van der Waals surface area contributed by atoms with Crippen molar-refractivity contribution in [3.05, 3.63) is 23.6 Å². The summed E-state index contributed by atoms with van der Waals surface area (Å²) in [6.45, 7) is 2.24. The summed E-state index contributed by atoms with van der Waals surface area (Å²) in [5.74, 6) is 0.504. The predicted molar refractivity (Wildman–Crippen MR) is 77.3 cm³/mol. The van der Waals surface area contributed by atoms with Crippen LogP contribution >= 0.6 is 0 Å². The molecule has 1 heterocycles. The summed E-state index contributed by atoms with van der Waals surface area (Å²) < 4.78 is 13.3. The van der Waals surface area contributed by atoms with Crippen LogP contribution < -0.4 is 5.32 Å². The number of rotatable bonds is 3. The van der Waals surface area contributed by atoms with E-state index in [1.54, 1.807) is 19.0 Å². The minimum atomic E-state index is -0.488. The lowest BCUT2D eigenvalue weighted by atomic mass is 9.86. The average molecular weight is 279 g/mol. The lowest BCUT2D eigenvalue weighted by molar-refractivity contribution is 0.0679. The van der Waals surface area contributed by atoms with Gasteiger partial charge in [-0.25, -0.2) is 9.37 Å². The first-order valence-corrected chi connectivity index (χ1v) is 7.13. The number of carbonyl (C=O) groups excluding carboxylic acids is 1. The summed E-state index contributed by atoms with van der Waals surface area (Å²) in [5, 5.41) is 2.84. The lowest BCUT2D eigenvalue weighted by Gasteiger charge is -2.33. The minimum Gasteiger partial charge on any atom is -0.372 e. The summed E-state index contributed by atoms with van der Waals surface area (Å²) >= 11 is 0. The molecule has 20 heavy (non-hydrogen) atoms. The molecule has 1 aliphatic rings. The molecule has 1 saturated carbocycles. The Labute approximate surface area is 119 Å². The normalized spacial score (nSPS) is 22.4. The molecular weight excluding hydrogens is 257 g/mol. The summed E-state index contributed by atoms with van der Waals surface area (Å²) in [4.78, 5) is 18.2. The number of pyridine rings is 1. The molecule has 0 saturated heterocycles. The number of nitrogens with one attached hydrogen (secondary N) is 1. The van der Waals surface area contributed by atoms with Crippen LogP contribution in [0.5, 0.6) is 0 Å². The molecule has 1 aromatic heterocycles. The van der Waals surface area contributed by atoms with Gasteiger partial charge in [-0.15, -0.1) is 0 Å². The molecule has 0 atom stereocenters. The molecule has 110 valence electrons. The Kier molecular flexibility index (Phi) is 4.57. The first-order chi connectivity index (χ1) is 9.52. The second-order valence-electron chi connectivity index (χ2n) is 5.63. The maximum absolute atomic E-state index is 13.3. The van der Waals surface area contributed by atoms with Crippen molar-refractivity contribution in [3.8, 4) is 0 Å². The van der Waals surface area contributed by atoms with Gasteiger partial charge < -0.3 is 10.2 Å². The average Bonchev–Trinajstić information content (AvgIpc) is 2.46. The standard InChI is InChI=1S/C15H22FN3O/c1-10-4-6-12(7-5-10)19(3)15(20)13-8-11(16)9-18-14(13)17-2/h8-10,12H,4-7H2,1-3H3,(H,17,18). The quantitative estimate of drug-likeness (QED) is 0.925. The van der Waals surface area contributed by atoms with Gasteiger partial charge in [-0.3, -0.25) is 4.79 Å².